The molecule has 0 fully saturated rings. The molecule has 0 atom stereocenters. The van der Waals surface area contributed by atoms with Gasteiger partial charge in [0.2, 0.25) is 0 Å². The van der Waals surface area contributed by atoms with Crippen molar-refractivity contribution in [1.82, 2.24) is 9.97 Å². The minimum Gasteiger partial charge on any atom is -0.353 e. The Morgan fingerprint density at radius 3 is 2.70 bits per heavy atom. The van der Waals surface area contributed by atoms with Crippen LogP contribution in [0.5, 0.6) is 0 Å². The molecule has 2 aromatic carbocycles. The van der Waals surface area contributed by atoms with Gasteiger partial charge in [0.05, 0.1) is 22.1 Å². The van der Waals surface area contributed by atoms with Gasteiger partial charge in [-0.1, -0.05) is 30.3 Å². The highest BCUT2D eigenvalue weighted by atomic mass is 35.5. The zero-order valence-corrected chi connectivity index (χ0v) is 11.1. The third-order valence-electron chi connectivity index (χ3n) is 3.51. The van der Waals surface area contributed by atoms with E-state index in [1.165, 1.54) is 0 Å². The molecule has 2 aromatic heterocycles. The van der Waals surface area contributed by atoms with Crippen LogP contribution in [0.2, 0.25) is 0 Å². The first kappa shape index (κ1) is 11.4. The molecule has 96 valence electrons. The predicted octanol–water partition coefficient (Wildman–Crippen LogP) is 4.25. The molecule has 4 rings (SSSR count). The zero-order chi connectivity index (χ0) is 13.7. The second-order valence-corrected chi connectivity index (χ2v) is 5.05. The highest BCUT2D eigenvalue weighted by Gasteiger charge is 2.12. The Hall–Kier alpha value is -2.39. The van der Waals surface area contributed by atoms with Crippen LogP contribution in [0.3, 0.4) is 0 Å². The van der Waals surface area contributed by atoms with Crippen molar-refractivity contribution in [2.45, 2.75) is 0 Å². The second kappa shape index (κ2) is 4.05. The van der Waals surface area contributed by atoms with Crippen LogP contribution < -0.4 is 0 Å². The Morgan fingerprint density at radius 1 is 1.00 bits per heavy atom. The van der Waals surface area contributed by atoms with Crippen molar-refractivity contribution in [3.63, 3.8) is 0 Å². The predicted molar refractivity (Wildman–Crippen MR) is 81.3 cm³/mol. The molecule has 0 aliphatic heterocycles. The van der Waals surface area contributed by atoms with Crippen LogP contribution in [0.1, 0.15) is 10.4 Å². The number of aromatic amines is 1. The zero-order valence-electron chi connectivity index (χ0n) is 10.4. The summed E-state index contributed by atoms with van der Waals surface area (Å²) in [6.45, 7) is 0. The van der Waals surface area contributed by atoms with E-state index in [1.54, 1.807) is 6.07 Å². The van der Waals surface area contributed by atoms with Gasteiger partial charge in [0.1, 0.15) is 0 Å². The quantitative estimate of drug-likeness (QED) is 0.530. The number of halogens is 1. The Balaban J connectivity index is 2.22. The van der Waals surface area contributed by atoms with Crippen molar-refractivity contribution in [3.8, 4) is 0 Å². The number of nitrogens with one attached hydrogen (secondary N) is 1. The van der Waals surface area contributed by atoms with Gasteiger partial charge in [-0.3, -0.25) is 4.79 Å². The fraction of sp³-hybridized carbons (Fsp3) is 0. The average molecular weight is 281 g/mol. The Labute approximate surface area is 119 Å². The topological polar surface area (TPSA) is 45.8 Å². The molecule has 0 aliphatic carbocycles. The molecule has 20 heavy (non-hydrogen) atoms. The number of pyridine rings is 1. The minimum atomic E-state index is -0.484. The van der Waals surface area contributed by atoms with E-state index in [0.717, 1.165) is 27.3 Å². The number of nitrogens with zero attached hydrogens (tertiary/aromatic N) is 1. The van der Waals surface area contributed by atoms with Gasteiger partial charge in [0, 0.05) is 16.3 Å². The third-order valence-corrected chi connectivity index (χ3v) is 3.71. The number of benzene rings is 2. The summed E-state index contributed by atoms with van der Waals surface area (Å²) in [6, 6.07) is 15.4. The van der Waals surface area contributed by atoms with Crippen molar-refractivity contribution in [2.24, 2.45) is 0 Å². The lowest BCUT2D eigenvalue weighted by Crippen LogP contribution is -1.93. The molecule has 0 aliphatic rings. The van der Waals surface area contributed by atoms with Gasteiger partial charge in [-0.25, -0.2) is 4.98 Å². The van der Waals surface area contributed by atoms with Gasteiger partial charge in [-0.2, -0.15) is 0 Å². The van der Waals surface area contributed by atoms with Crippen LogP contribution in [0.25, 0.3) is 32.8 Å². The van der Waals surface area contributed by atoms with E-state index in [1.807, 2.05) is 42.5 Å². The fourth-order valence-corrected chi connectivity index (χ4v) is 2.75. The Kier molecular flexibility index (Phi) is 2.32. The molecule has 4 aromatic rings. The smallest absolute Gasteiger partial charge is 0.254 e. The Bertz CT molecular complexity index is 988. The minimum absolute atomic E-state index is 0.441. The fourth-order valence-electron chi connectivity index (χ4n) is 2.60. The number of hydrogen-bond acceptors (Lipinski definition) is 2. The first-order valence-corrected chi connectivity index (χ1v) is 6.62. The molecule has 0 unspecified atom stereocenters. The second-order valence-electron chi connectivity index (χ2n) is 4.71. The van der Waals surface area contributed by atoms with E-state index in [0.29, 0.717) is 11.1 Å². The van der Waals surface area contributed by atoms with Crippen LogP contribution in [-0.2, 0) is 0 Å². The summed E-state index contributed by atoms with van der Waals surface area (Å²) >= 11 is 5.64. The first-order chi connectivity index (χ1) is 9.74. The Morgan fingerprint density at radius 2 is 1.85 bits per heavy atom. The van der Waals surface area contributed by atoms with Gasteiger partial charge >= 0.3 is 0 Å². The SMILES string of the molecule is O=C(Cl)c1cccc2cc3[nH]c4ccccc4c3nc12. The van der Waals surface area contributed by atoms with Crippen LogP contribution >= 0.6 is 11.6 Å². The number of aromatic nitrogens is 2. The molecule has 0 amide bonds. The van der Waals surface area contributed by atoms with E-state index in [2.05, 4.69) is 9.97 Å². The molecule has 4 heteroatoms. The maximum Gasteiger partial charge on any atom is 0.254 e. The van der Waals surface area contributed by atoms with Crippen molar-refractivity contribution in [2.75, 3.05) is 0 Å². The molecule has 0 spiro atoms. The van der Waals surface area contributed by atoms with Crippen LogP contribution in [0.15, 0.2) is 48.5 Å². The molecular weight excluding hydrogens is 272 g/mol. The van der Waals surface area contributed by atoms with Gasteiger partial charge in [0.15, 0.2) is 0 Å². The molecule has 2 heterocycles. The number of carbonyl (C=O) groups is 1. The number of hydrogen-bond donors (Lipinski definition) is 1. The summed E-state index contributed by atoms with van der Waals surface area (Å²) < 4.78 is 0. The largest absolute Gasteiger partial charge is 0.353 e. The molecule has 0 saturated carbocycles. The molecule has 1 N–H and O–H groups in total. The number of rotatable bonds is 1. The van der Waals surface area contributed by atoms with E-state index in [4.69, 9.17) is 11.6 Å². The summed E-state index contributed by atoms with van der Waals surface area (Å²) in [6.07, 6.45) is 0. The van der Waals surface area contributed by atoms with Crippen molar-refractivity contribution >= 4 is 49.7 Å². The van der Waals surface area contributed by atoms with Crippen molar-refractivity contribution < 1.29 is 4.79 Å². The molecule has 0 radical (unpaired) electrons. The van der Waals surface area contributed by atoms with Crippen molar-refractivity contribution in [1.29, 1.82) is 0 Å². The lowest BCUT2D eigenvalue weighted by molar-refractivity contribution is 0.108. The molecule has 3 nitrogen and oxygen atoms in total. The number of H-pyrrole nitrogens is 1. The van der Waals surface area contributed by atoms with Crippen molar-refractivity contribution in [3.05, 3.63) is 54.1 Å². The maximum atomic E-state index is 11.5. The number of para-hydroxylation sites is 2. The molecule has 0 bridgehead atoms. The summed E-state index contributed by atoms with van der Waals surface area (Å²) in [5.74, 6) is 0. The first-order valence-electron chi connectivity index (χ1n) is 6.24. The van der Waals surface area contributed by atoms with E-state index >= 15 is 0 Å². The lowest BCUT2D eigenvalue weighted by atomic mass is 10.1. The highest BCUT2D eigenvalue weighted by molar-refractivity contribution is 6.68. The van der Waals surface area contributed by atoms with Gasteiger partial charge in [-0.15, -0.1) is 0 Å². The highest BCUT2D eigenvalue weighted by Crippen LogP contribution is 2.28. The number of fused-ring (bicyclic) bond motifs is 4. The normalized spacial score (nSPS) is 11.4. The van der Waals surface area contributed by atoms with Gasteiger partial charge < -0.3 is 4.98 Å². The monoisotopic (exact) mass is 280 g/mol. The standard InChI is InChI=1S/C16H9ClN2O/c17-16(20)11-6-3-4-9-8-13-15(19-14(9)11)10-5-1-2-7-12(10)18-13/h1-8,18H. The van der Waals surface area contributed by atoms with E-state index in [9.17, 15) is 4.79 Å². The van der Waals surface area contributed by atoms with Crippen LogP contribution in [0.4, 0.5) is 0 Å². The molecular formula is C16H9ClN2O. The number of carbonyl (C=O) groups excluding carboxylic acids is 1. The van der Waals surface area contributed by atoms with E-state index in [-0.39, 0.29) is 0 Å². The van der Waals surface area contributed by atoms with Crippen LogP contribution in [-0.4, -0.2) is 15.2 Å². The summed E-state index contributed by atoms with van der Waals surface area (Å²) in [5, 5.41) is 1.46. The molecule has 0 saturated heterocycles. The van der Waals surface area contributed by atoms with Crippen LogP contribution in [0, 0.1) is 0 Å². The maximum absolute atomic E-state index is 11.5. The summed E-state index contributed by atoms with van der Waals surface area (Å²) in [4.78, 5) is 19.5. The third kappa shape index (κ3) is 1.53. The van der Waals surface area contributed by atoms with E-state index < -0.39 is 5.24 Å². The van der Waals surface area contributed by atoms with Gasteiger partial charge in [-0.05, 0) is 29.8 Å². The summed E-state index contributed by atoms with van der Waals surface area (Å²) in [7, 11) is 0. The lowest BCUT2D eigenvalue weighted by Gasteiger charge is -2.02. The van der Waals surface area contributed by atoms with Gasteiger partial charge in [0.25, 0.3) is 5.24 Å². The average Bonchev–Trinajstić information content (AvgIpc) is 2.81. The summed E-state index contributed by atoms with van der Waals surface area (Å²) in [5.41, 5.74) is 3.93.